The van der Waals surface area contributed by atoms with Crippen molar-refractivity contribution >= 4 is 23.8 Å². The average molecular weight is 248 g/mol. The van der Waals surface area contributed by atoms with E-state index >= 15 is 0 Å². The third kappa shape index (κ3) is 3.43. The first-order valence-corrected chi connectivity index (χ1v) is 6.94. The summed E-state index contributed by atoms with van der Waals surface area (Å²) in [4.78, 5) is 22.7. The number of carbonyl (C=O) groups excluding carboxylic acids is 2. The summed E-state index contributed by atoms with van der Waals surface area (Å²) in [7, 11) is 0. The Bertz CT molecular complexity index is 391. The number of hydrogen-bond acceptors (Lipinski definition) is 3. The predicted molar refractivity (Wildman–Crippen MR) is 69.6 cm³/mol. The zero-order valence-electron chi connectivity index (χ0n) is 9.72. The summed E-state index contributed by atoms with van der Waals surface area (Å²) in [5, 5.41) is 0.719. The predicted octanol–water partition coefficient (Wildman–Crippen LogP) is 3.49. The minimum absolute atomic E-state index is 0.364. The number of rotatable bonds is 4. The highest BCUT2D eigenvalue weighted by Crippen LogP contribution is 2.33. The smallest absolute Gasteiger partial charge is 0.225 e. The first-order chi connectivity index (χ1) is 8.29. The fourth-order valence-electron chi connectivity index (χ4n) is 2.14. The van der Waals surface area contributed by atoms with Crippen molar-refractivity contribution in [3.8, 4) is 0 Å². The number of carbonyl (C=O) groups is 2. The van der Waals surface area contributed by atoms with E-state index in [4.69, 9.17) is 0 Å². The standard InChI is InChI=1S/C14H16O2S/c15-10-14(16)11-6-8-13(9-7-11)17-12-4-2-1-3-5-12/h6-10,12H,1-5H2. The lowest BCUT2D eigenvalue weighted by Crippen LogP contribution is -2.07. The summed E-state index contributed by atoms with van der Waals surface area (Å²) in [6.45, 7) is 0. The van der Waals surface area contributed by atoms with E-state index in [0.29, 0.717) is 11.8 Å². The molecule has 0 atom stereocenters. The van der Waals surface area contributed by atoms with Crippen LogP contribution in [0.2, 0.25) is 0 Å². The van der Waals surface area contributed by atoms with Gasteiger partial charge in [0.25, 0.3) is 0 Å². The minimum atomic E-state index is -0.445. The van der Waals surface area contributed by atoms with Gasteiger partial charge in [-0.05, 0) is 37.1 Å². The van der Waals surface area contributed by atoms with Crippen LogP contribution in [0.1, 0.15) is 42.5 Å². The van der Waals surface area contributed by atoms with Crippen molar-refractivity contribution in [3.05, 3.63) is 29.8 Å². The van der Waals surface area contributed by atoms with Gasteiger partial charge in [0, 0.05) is 15.7 Å². The molecular weight excluding hydrogens is 232 g/mol. The maximum atomic E-state index is 11.1. The van der Waals surface area contributed by atoms with Crippen LogP contribution >= 0.6 is 11.8 Å². The molecule has 2 nitrogen and oxygen atoms in total. The molecule has 1 fully saturated rings. The van der Waals surface area contributed by atoms with Gasteiger partial charge in [0.15, 0.2) is 6.29 Å². The van der Waals surface area contributed by atoms with Crippen LogP contribution in [0.25, 0.3) is 0 Å². The third-order valence-corrected chi connectivity index (χ3v) is 4.45. The molecule has 0 radical (unpaired) electrons. The lowest BCUT2D eigenvalue weighted by Gasteiger charge is -2.20. The third-order valence-electron chi connectivity index (χ3n) is 3.10. The largest absolute Gasteiger partial charge is 0.294 e. The topological polar surface area (TPSA) is 34.1 Å². The lowest BCUT2D eigenvalue weighted by molar-refractivity contribution is -0.104. The molecule has 0 aromatic heterocycles. The maximum absolute atomic E-state index is 11.1. The molecular formula is C14H16O2S. The highest BCUT2D eigenvalue weighted by atomic mass is 32.2. The quantitative estimate of drug-likeness (QED) is 0.464. The van der Waals surface area contributed by atoms with Gasteiger partial charge in [-0.1, -0.05) is 19.3 Å². The van der Waals surface area contributed by atoms with Crippen molar-refractivity contribution in [1.29, 1.82) is 0 Å². The fraction of sp³-hybridized carbons (Fsp3) is 0.429. The average Bonchev–Trinajstić information content (AvgIpc) is 2.40. The zero-order valence-corrected chi connectivity index (χ0v) is 10.5. The van der Waals surface area contributed by atoms with E-state index in [9.17, 15) is 9.59 Å². The van der Waals surface area contributed by atoms with Crippen molar-refractivity contribution in [2.45, 2.75) is 42.2 Å². The first-order valence-electron chi connectivity index (χ1n) is 6.06. The summed E-state index contributed by atoms with van der Waals surface area (Å²) in [5.41, 5.74) is 0.480. The number of aldehydes is 1. The van der Waals surface area contributed by atoms with Gasteiger partial charge in [-0.2, -0.15) is 0 Å². The van der Waals surface area contributed by atoms with E-state index in [-0.39, 0.29) is 0 Å². The maximum Gasteiger partial charge on any atom is 0.225 e. The van der Waals surface area contributed by atoms with E-state index in [0.717, 1.165) is 5.25 Å². The number of Topliss-reactive ketones (excluding diaryl/α,β-unsaturated/α-hetero) is 1. The molecule has 1 aliphatic carbocycles. The summed E-state index contributed by atoms with van der Waals surface area (Å²) in [6.07, 6.45) is 6.98. The van der Waals surface area contributed by atoms with Gasteiger partial charge in [-0.3, -0.25) is 9.59 Å². The Hall–Kier alpha value is -1.09. The van der Waals surface area contributed by atoms with E-state index < -0.39 is 5.78 Å². The van der Waals surface area contributed by atoms with Crippen molar-refractivity contribution < 1.29 is 9.59 Å². The number of benzene rings is 1. The van der Waals surface area contributed by atoms with Gasteiger partial charge >= 0.3 is 0 Å². The highest BCUT2D eigenvalue weighted by molar-refractivity contribution is 8.00. The Morgan fingerprint density at radius 3 is 2.35 bits per heavy atom. The zero-order chi connectivity index (χ0) is 12.1. The summed E-state index contributed by atoms with van der Waals surface area (Å²) in [6, 6.07) is 7.36. The Labute approximate surface area is 106 Å². The number of thioether (sulfide) groups is 1. The van der Waals surface area contributed by atoms with Crippen molar-refractivity contribution in [1.82, 2.24) is 0 Å². The van der Waals surface area contributed by atoms with Crippen LogP contribution in [0.3, 0.4) is 0 Å². The Morgan fingerprint density at radius 1 is 1.12 bits per heavy atom. The molecule has 1 aliphatic rings. The minimum Gasteiger partial charge on any atom is -0.294 e. The van der Waals surface area contributed by atoms with Crippen LogP contribution < -0.4 is 0 Å². The van der Waals surface area contributed by atoms with Crippen molar-refractivity contribution in [2.24, 2.45) is 0 Å². The lowest BCUT2D eigenvalue weighted by atomic mass is 10.0. The van der Waals surface area contributed by atoms with Gasteiger partial charge in [-0.25, -0.2) is 0 Å². The molecule has 0 saturated heterocycles. The van der Waals surface area contributed by atoms with Gasteiger partial charge in [0.2, 0.25) is 5.78 Å². The molecule has 17 heavy (non-hydrogen) atoms. The SMILES string of the molecule is O=CC(=O)c1ccc(SC2CCCCC2)cc1. The fourth-order valence-corrected chi connectivity index (χ4v) is 3.39. The van der Waals surface area contributed by atoms with Gasteiger partial charge in [-0.15, -0.1) is 11.8 Å². The van der Waals surface area contributed by atoms with E-state index in [1.54, 1.807) is 12.1 Å². The normalized spacial score (nSPS) is 16.7. The van der Waals surface area contributed by atoms with Crippen molar-refractivity contribution in [2.75, 3.05) is 0 Å². The Morgan fingerprint density at radius 2 is 1.76 bits per heavy atom. The van der Waals surface area contributed by atoms with E-state index in [1.165, 1.54) is 37.0 Å². The number of ketones is 1. The Balaban J connectivity index is 1.97. The molecule has 0 spiro atoms. The molecule has 1 saturated carbocycles. The van der Waals surface area contributed by atoms with Gasteiger partial charge in [0.1, 0.15) is 0 Å². The molecule has 0 bridgehead atoms. The monoisotopic (exact) mass is 248 g/mol. The molecule has 1 aromatic rings. The molecule has 90 valence electrons. The molecule has 0 amide bonds. The summed E-state index contributed by atoms with van der Waals surface area (Å²) < 4.78 is 0. The highest BCUT2D eigenvalue weighted by Gasteiger charge is 2.14. The molecule has 0 unspecified atom stereocenters. The van der Waals surface area contributed by atoms with Crippen LogP contribution in [0.4, 0.5) is 0 Å². The number of hydrogen-bond donors (Lipinski definition) is 0. The van der Waals surface area contributed by atoms with Crippen LogP contribution in [-0.4, -0.2) is 17.3 Å². The summed E-state index contributed by atoms with van der Waals surface area (Å²) >= 11 is 1.89. The van der Waals surface area contributed by atoms with Gasteiger partial charge < -0.3 is 0 Å². The van der Waals surface area contributed by atoms with Crippen LogP contribution in [0.5, 0.6) is 0 Å². The Kier molecular flexibility index (Phi) is 4.37. The molecule has 2 rings (SSSR count). The molecule has 1 aromatic carbocycles. The molecule has 0 aliphatic heterocycles. The second-order valence-corrected chi connectivity index (χ2v) is 5.76. The molecule has 0 heterocycles. The van der Waals surface area contributed by atoms with Crippen LogP contribution in [0, 0.1) is 0 Å². The summed E-state index contributed by atoms with van der Waals surface area (Å²) in [5.74, 6) is -0.445. The van der Waals surface area contributed by atoms with Crippen molar-refractivity contribution in [3.63, 3.8) is 0 Å². The van der Waals surface area contributed by atoms with Crippen LogP contribution in [-0.2, 0) is 4.79 Å². The van der Waals surface area contributed by atoms with Crippen LogP contribution in [0.15, 0.2) is 29.2 Å². The van der Waals surface area contributed by atoms with E-state index in [2.05, 4.69) is 0 Å². The van der Waals surface area contributed by atoms with Gasteiger partial charge in [0.05, 0.1) is 0 Å². The molecule has 0 N–H and O–H groups in total. The second kappa shape index (κ2) is 6.01. The first kappa shape index (κ1) is 12.4. The molecule has 3 heteroatoms. The van der Waals surface area contributed by atoms with E-state index in [1.807, 2.05) is 23.9 Å². The second-order valence-electron chi connectivity index (χ2n) is 4.38.